The first kappa shape index (κ1) is 14.5. The van der Waals surface area contributed by atoms with Crippen molar-refractivity contribution in [3.05, 3.63) is 29.8 Å². The van der Waals surface area contributed by atoms with E-state index in [4.69, 9.17) is 5.73 Å². The van der Waals surface area contributed by atoms with Crippen molar-refractivity contribution in [2.75, 3.05) is 31.5 Å². The minimum atomic E-state index is 0.419. The molecule has 0 amide bonds. The lowest BCUT2D eigenvalue weighted by atomic mass is 9.69. The molecule has 4 rings (SSSR count). The summed E-state index contributed by atoms with van der Waals surface area (Å²) < 4.78 is 0. The number of benzene rings is 1. The molecule has 0 aromatic heterocycles. The first-order valence-corrected chi connectivity index (χ1v) is 9.08. The van der Waals surface area contributed by atoms with E-state index < -0.39 is 0 Å². The predicted molar refractivity (Wildman–Crippen MR) is 92.2 cm³/mol. The number of rotatable bonds is 2. The average Bonchev–Trinajstić information content (AvgIpc) is 2.95. The second kappa shape index (κ2) is 5.86. The van der Waals surface area contributed by atoms with E-state index in [1.807, 2.05) is 0 Å². The topological polar surface area (TPSA) is 41.3 Å². The minimum Gasteiger partial charge on any atom is -0.384 e. The van der Waals surface area contributed by atoms with Crippen LogP contribution in [-0.4, -0.2) is 37.1 Å². The van der Waals surface area contributed by atoms with Crippen molar-refractivity contribution in [2.24, 2.45) is 11.7 Å². The number of nitrogens with two attached hydrogens (primary N) is 1. The number of fused-ring (bicyclic) bond motifs is 2. The first-order chi connectivity index (χ1) is 10.8. The maximum absolute atomic E-state index is 5.83. The third kappa shape index (κ3) is 2.44. The Balaban J connectivity index is 1.40. The molecule has 0 unspecified atom stereocenters. The Morgan fingerprint density at radius 2 is 1.82 bits per heavy atom. The van der Waals surface area contributed by atoms with E-state index in [2.05, 4.69) is 34.5 Å². The number of nitrogens with zero attached hydrogens (tertiary/aromatic N) is 1. The highest BCUT2D eigenvalue weighted by Gasteiger charge is 2.42. The average molecular weight is 299 g/mol. The number of hydrogen-bond donors (Lipinski definition) is 2. The van der Waals surface area contributed by atoms with Gasteiger partial charge in [0, 0.05) is 23.7 Å². The molecule has 22 heavy (non-hydrogen) atoms. The highest BCUT2D eigenvalue weighted by atomic mass is 15.2. The number of piperidine rings is 1. The van der Waals surface area contributed by atoms with Gasteiger partial charge in [-0.1, -0.05) is 18.2 Å². The van der Waals surface area contributed by atoms with Crippen LogP contribution in [0.4, 0.5) is 5.69 Å². The summed E-state index contributed by atoms with van der Waals surface area (Å²) >= 11 is 0. The van der Waals surface area contributed by atoms with Gasteiger partial charge in [-0.3, -0.25) is 0 Å². The van der Waals surface area contributed by atoms with Gasteiger partial charge in [0.1, 0.15) is 0 Å². The molecule has 3 aliphatic rings. The van der Waals surface area contributed by atoms with Crippen molar-refractivity contribution >= 4 is 5.69 Å². The third-order valence-electron chi connectivity index (χ3n) is 6.53. The minimum absolute atomic E-state index is 0.419. The third-order valence-corrected chi connectivity index (χ3v) is 6.53. The Hall–Kier alpha value is -1.06. The molecule has 0 radical (unpaired) electrons. The Kier molecular flexibility index (Phi) is 3.87. The van der Waals surface area contributed by atoms with Gasteiger partial charge in [-0.05, 0) is 75.7 Å². The number of likely N-dealkylation sites (tertiary alicyclic amines) is 1. The van der Waals surface area contributed by atoms with Gasteiger partial charge in [0.25, 0.3) is 0 Å². The largest absolute Gasteiger partial charge is 0.384 e. The zero-order valence-electron chi connectivity index (χ0n) is 13.6. The Morgan fingerprint density at radius 1 is 1.09 bits per heavy atom. The van der Waals surface area contributed by atoms with E-state index in [9.17, 15) is 0 Å². The summed E-state index contributed by atoms with van der Waals surface area (Å²) in [5, 5.41) is 3.64. The number of nitrogens with one attached hydrogen (secondary N) is 1. The van der Waals surface area contributed by atoms with Crippen LogP contribution in [0.15, 0.2) is 24.3 Å². The number of anilines is 1. The van der Waals surface area contributed by atoms with Crippen molar-refractivity contribution in [3.8, 4) is 0 Å². The highest BCUT2D eigenvalue weighted by Crippen LogP contribution is 2.47. The van der Waals surface area contributed by atoms with Gasteiger partial charge < -0.3 is 16.0 Å². The lowest BCUT2D eigenvalue weighted by Crippen LogP contribution is -2.47. The lowest BCUT2D eigenvalue weighted by molar-refractivity contribution is 0.0911. The van der Waals surface area contributed by atoms with Gasteiger partial charge in [0.15, 0.2) is 0 Å². The Morgan fingerprint density at radius 3 is 2.55 bits per heavy atom. The summed E-state index contributed by atoms with van der Waals surface area (Å²) in [4.78, 5) is 2.76. The van der Waals surface area contributed by atoms with E-state index in [0.29, 0.717) is 5.41 Å². The summed E-state index contributed by atoms with van der Waals surface area (Å²) in [6, 6.07) is 9.77. The van der Waals surface area contributed by atoms with Crippen LogP contribution in [0.2, 0.25) is 0 Å². The van der Waals surface area contributed by atoms with Crippen LogP contribution in [0.5, 0.6) is 0 Å². The van der Waals surface area contributed by atoms with Crippen LogP contribution in [0, 0.1) is 5.92 Å². The molecule has 1 aromatic rings. The van der Waals surface area contributed by atoms with Crippen molar-refractivity contribution in [1.29, 1.82) is 0 Å². The molecule has 0 atom stereocenters. The van der Waals surface area contributed by atoms with Crippen LogP contribution >= 0.6 is 0 Å². The van der Waals surface area contributed by atoms with Gasteiger partial charge in [-0.25, -0.2) is 0 Å². The lowest BCUT2D eigenvalue weighted by Gasteiger charge is -2.44. The van der Waals surface area contributed by atoms with Crippen molar-refractivity contribution < 1.29 is 0 Å². The van der Waals surface area contributed by atoms with E-state index in [1.54, 1.807) is 5.56 Å². The van der Waals surface area contributed by atoms with Crippen LogP contribution in [0.25, 0.3) is 0 Å². The molecule has 2 fully saturated rings. The van der Waals surface area contributed by atoms with Gasteiger partial charge in [0.05, 0.1) is 0 Å². The predicted octanol–water partition coefficient (Wildman–Crippen LogP) is 2.96. The fraction of sp³-hybridized carbons (Fsp3) is 0.684. The molecular formula is C19H29N3. The van der Waals surface area contributed by atoms with Crippen LogP contribution in [0.3, 0.4) is 0 Å². The SMILES string of the molecule is NCC1CCN(C2CCC3(CC2)CNc2ccccc23)CC1. The fourth-order valence-electron chi connectivity index (χ4n) is 4.98. The highest BCUT2D eigenvalue weighted by molar-refractivity contribution is 5.60. The van der Waals surface area contributed by atoms with Crippen molar-refractivity contribution in [3.63, 3.8) is 0 Å². The molecule has 120 valence electrons. The van der Waals surface area contributed by atoms with Gasteiger partial charge in [0.2, 0.25) is 0 Å². The normalized spacial score (nSPS) is 32.9. The van der Waals surface area contributed by atoms with Gasteiger partial charge >= 0.3 is 0 Å². The van der Waals surface area contributed by atoms with E-state index in [-0.39, 0.29) is 0 Å². The standard InChI is InChI=1S/C19H29N3/c20-13-15-7-11-22(12-8-15)16-5-9-19(10-6-16)14-21-18-4-2-1-3-17(18)19/h1-4,15-16,21H,5-14,20H2. The Labute approximate surface area is 134 Å². The molecule has 1 saturated heterocycles. The molecule has 0 bridgehead atoms. The van der Waals surface area contributed by atoms with Gasteiger partial charge in [-0.2, -0.15) is 0 Å². The summed E-state index contributed by atoms with van der Waals surface area (Å²) in [5.74, 6) is 0.775. The zero-order chi connectivity index (χ0) is 15.0. The van der Waals surface area contributed by atoms with E-state index in [1.165, 1.54) is 57.3 Å². The summed E-state index contributed by atoms with van der Waals surface area (Å²) in [6.45, 7) is 4.57. The molecule has 1 spiro atoms. The van der Waals surface area contributed by atoms with Crippen LogP contribution in [0.1, 0.15) is 44.1 Å². The second-order valence-electron chi connectivity index (χ2n) is 7.63. The smallest absolute Gasteiger partial charge is 0.0379 e. The van der Waals surface area contributed by atoms with Crippen molar-refractivity contribution in [2.45, 2.75) is 50.0 Å². The molecular weight excluding hydrogens is 270 g/mol. The molecule has 2 heterocycles. The zero-order valence-corrected chi connectivity index (χ0v) is 13.6. The summed E-state index contributed by atoms with van der Waals surface area (Å²) in [7, 11) is 0. The number of hydrogen-bond acceptors (Lipinski definition) is 3. The van der Waals surface area contributed by atoms with Crippen LogP contribution in [-0.2, 0) is 5.41 Å². The molecule has 2 aliphatic heterocycles. The molecule has 3 heteroatoms. The van der Waals surface area contributed by atoms with Gasteiger partial charge in [-0.15, -0.1) is 0 Å². The molecule has 3 nitrogen and oxygen atoms in total. The monoisotopic (exact) mass is 299 g/mol. The summed E-state index contributed by atoms with van der Waals surface area (Å²) in [6.07, 6.45) is 8.04. The molecule has 1 saturated carbocycles. The quantitative estimate of drug-likeness (QED) is 0.882. The van der Waals surface area contributed by atoms with Crippen LogP contribution < -0.4 is 11.1 Å². The fourth-order valence-corrected chi connectivity index (χ4v) is 4.98. The van der Waals surface area contributed by atoms with E-state index >= 15 is 0 Å². The van der Waals surface area contributed by atoms with E-state index in [0.717, 1.165) is 25.0 Å². The maximum atomic E-state index is 5.83. The second-order valence-corrected chi connectivity index (χ2v) is 7.63. The molecule has 1 aromatic carbocycles. The summed E-state index contributed by atoms with van der Waals surface area (Å²) in [5.41, 5.74) is 9.20. The molecule has 1 aliphatic carbocycles. The maximum Gasteiger partial charge on any atom is 0.0379 e. The van der Waals surface area contributed by atoms with Crippen molar-refractivity contribution in [1.82, 2.24) is 4.90 Å². The molecule has 3 N–H and O–H groups in total. The Bertz CT molecular complexity index is 511. The number of para-hydroxylation sites is 1. The first-order valence-electron chi connectivity index (χ1n) is 9.08.